The largest absolute Gasteiger partial charge is 0.336 e. The number of hydrogen-bond donors (Lipinski definition) is 1. The van der Waals surface area contributed by atoms with Crippen LogP contribution in [0, 0.1) is 10.1 Å². The molecule has 0 atom stereocenters. The summed E-state index contributed by atoms with van der Waals surface area (Å²) in [5.74, 6) is -0.0961. The van der Waals surface area contributed by atoms with E-state index in [1.165, 1.54) is 30.3 Å². The van der Waals surface area contributed by atoms with E-state index in [4.69, 9.17) is 0 Å². The maximum absolute atomic E-state index is 12.5. The van der Waals surface area contributed by atoms with E-state index in [-0.39, 0.29) is 34.6 Å². The molecule has 1 N–H and O–H groups in total. The summed E-state index contributed by atoms with van der Waals surface area (Å²) < 4.78 is 27.3. The number of nitro benzene ring substituents is 1. The van der Waals surface area contributed by atoms with Crippen LogP contribution < -0.4 is 4.72 Å². The topological polar surface area (TPSA) is 113 Å². The number of benzene rings is 2. The molecule has 0 spiro atoms. The highest BCUT2D eigenvalue weighted by Crippen LogP contribution is 2.21. The fourth-order valence-electron chi connectivity index (χ4n) is 2.85. The Hall–Kier alpha value is -2.69. The number of sulfonamides is 1. The van der Waals surface area contributed by atoms with Gasteiger partial charge in [0.15, 0.2) is 0 Å². The lowest BCUT2D eigenvalue weighted by Crippen LogP contribution is -2.47. The van der Waals surface area contributed by atoms with E-state index in [9.17, 15) is 23.3 Å². The van der Waals surface area contributed by atoms with Crippen LogP contribution in [0.4, 0.5) is 11.4 Å². The van der Waals surface area contributed by atoms with Crippen LogP contribution in [-0.2, 0) is 10.0 Å². The second-order valence-corrected chi connectivity index (χ2v) is 8.22. The number of rotatable bonds is 5. The fraction of sp³-hybridized carbons (Fsp3) is 0.278. The van der Waals surface area contributed by atoms with E-state index >= 15 is 0 Å². The number of piperazine rings is 1. The van der Waals surface area contributed by atoms with Crippen LogP contribution >= 0.6 is 12.4 Å². The number of nitro groups is 1. The number of anilines is 1. The van der Waals surface area contributed by atoms with Crippen LogP contribution in [0.3, 0.4) is 0 Å². The van der Waals surface area contributed by atoms with Gasteiger partial charge in [0.25, 0.3) is 21.6 Å². The van der Waals surface area contributed by atoms with E-state index in [1.54, 1.807) is 17.0 Å². The highest BCUT2D eigenvalue weighted by atomic mass is 35.5. The molecule has 1 saturated heterocycles. The van der Waals surface area contributed by atoms with Gasteiger partial charge in [0.1, 0.15) is 0 Å². The van der Waals surface area contributed by atoms with Crippen molar-refractivity contribution in [3.63, 3.8) is 0 Å². The smallest absolute Gasteiger partial charge is 0.270 e. The monoisotopic (exact) mass is 440 g/mol. The highest BCUT2D eigenvalue weighted by molar-refractivity contribution is 7.92. The van der Waals surface area contributed by atoms with Crippen molar-refractivity contribution in [3.8, 4) is 0 Å². The third-order valence-electron chi connectivity index (χ3n) is 4.51. The summed E-state index contributed by atoms with van der Waals surface area (Å²) in [6, 6.07) is 10.9. The zero-order valence-electron chi connectivity index (χ0n) is 15.6. The molecule has 0 bridgehead atoms. The van der Waals surface area contributed by atoms with Crippen LogP contribution in [0.1, 0.15) is 10.4 Å². The standard InChI is InChI=1S/C18H20N4O5S.ClH/c1-20-9-11-21(12-10-20)18(23)14-5-7-15(8-6-14)19-28(26,27)17-4-2-3-16(13-17)22(24)25;/h2-8,13,19H,9-12H2,1H3;1H. The minimum Gasteiger partial charge on any atom is -0.336 e. The quantitative estimate of drug-likeness (QED) is 0.563. The molecule has 3 rings (SSSR count). The van der Waals surface area contributed by atoms with Gasteiger partial charge in [0, 0.05) is 49.6 Å². The van der Waals surface area contributed by atoms with Crippen molar-refractivity contribution in [2.24, 2.45) is 0 Å². The summed E-state index contributed by atoms with van der Waals surface area (Å²) in [7, 11) is -1.98. The first-order valence-corrected chi connectivity index (χ1v) is 10.1. The number of nitrogens with one attached hydrogen (secondary N) is 1. The molecule has 0 aliphatic carbocycles. The molecule has 2 aromatic carbocycles. The molecule has 156 valence electrons. The average Bonchev–Trinajstić information content (AvgIpc) is 2.68. The molecule has 1 amide bonds. The number of halogens is 1. The van der Waals surface area contributed by atoms with E-state index in [1.807, 2.05) is 7.05 Å². The van der Waals surface area contributed by atoms with Gasteiger partial charge in [0.2, 0.25) is 0 Å². The molecule has 0 unspecified atom stereocenters. The first-order chi connectivity index (χ1) is 13.3. The maximum Gasteiger partial charge on any atom is 0.270 e. The number of non-ortho nitro benzene ring substituents is 1. The molecule has 1 aliphatic heterocycles. The number of amides is 1. The van der Waals surface area contributed by atoms with Crippen molar-refractivity contribution in [1.29, 1.82) is 0 Å². The average molecular weight is 441 g/mol. The van der Waals surface area contributed by atoms with Crippen molar-refractivity contribution in [3.05, 3.63) is 64.2 Å². The first-order valence-electron chi connectivity index (χ1n) is 8.61. The third-order valence-corrected chi connectivity index (χ3v) is 5.89. The van der Waals surface area contributed by atoms with Gasteiger partial charge in [0.05, 0.1) is 9.82 Å². The van der Waals surface area contributed by atoms with Crippen molar-refractivity contribution in [1.82, 2.24) is 9.80 Å². The summed E-state index contributed by atoms with van der Waals surface area (Å²) in [5, 5.41) is 10.8. The van der Waals surface area contributed by atoms with E-state index < -0.39 is 14.9 Å². The first kappa shape index (κ1) is 22.6. The Morgan fingerprint density at radius 2 is 1.69 bits per heavy atom. The predicted molar refractivity (Wildman–Crippen MR) is 111 cm³/mol. The maximum atomic E-state index is 12.5. The van der Waals surface area contributed by atoms with E-state index in [0.717, 1.165) is 19.2 Å². The Balaban J connectivity index is 0.00000300. The van der Waals surface area contributed by atoms with Crippen LogP contribution in [0.2, 0.25) is 0 Å². The lowest BCUT2D eigenvalue weighted by Gasteiger charge is -2.32. The SMILES string of the molecule is CN1CCN(C(=O)c2ccc(NS(=O)(=O)c3cccc([N+](=O)[O-])c3)cc2)CC1.Cl. The molecular weight excluding hydrogens is 420 g/mol. The summed E-state index contributed by atoms with van der Waals surface area (Å²) in [6.45, 7) is 2.92. The molecule has 29 heavy (non-hydrogen) atoms. The summed E-state index contributed by atoms with van der Waals surface area (Å²) in [5.41, 5.74) is 0.431. The second kappa shape index (κ2) is 9.21. The van der Waals surface area contributed by atoms with Crippen LogP contribution in [-0.4, -0.2) is 62.3 Å². The van der Waals surface area contributed by atoms with E-state index in [2.05, 4.69) is 9.62 Å². The molecule has 1 fully saturated rings. The molecule has 0 saturated carbocycles. The van der Waals surface area contributed by atoms with Crippen molar-refractivity contribution in [2.45, 2.75) is 4.90 Å². The van der Waals surface area contributed by atoms with Crippen LogP contribution in [0.5, 0.6) is 0 Å². The summed E-state index contributed by atoms with van der Waals surface area (Å²) in [4.78, 5) is 26.4. The van der Waals surface area contributed by atoms with Crippen LogP contribution in [0.15, 0.2) is 53.4 Å². The number of carbonyl (C=O) groups excluding carboxylic acids is 1. The van der Waals surface area contributed by atoms with E-state index in [0.29, 0.717) is 18.7 Å². The number of carbonyl (C=O) groups is 1. The van der Waals surface area contributed by atoms with Gasteiger partial charge >= 0.3 is 0 Å². The second-order valence-electron chi connectivity index (χ2n) is 6.53. The minimum atomic E-state index is -3.98. The Morgan fingerprint density at radius 1 is 1.07 bits per heavy atom. The van der Waals surface area contributed by atoms with Gasteiger partial charge in [-0.1, -0.05) is 6.07 Å². The molecule has 1 heterocycles. The predicted octanol–water partition coefficient (Wildman–Crippen LogP) is 2.21. The molecule has 11 heteroatoms. The Bertz CT molecular complexity index is 990. The van der Waals surface area contributed by atoms with Gasteiger partial charge in [-0.3, -0.25) is 19.6 Å². The molecule has 0 radical (unpaired) electrons. The molecular formula is C18H21ClN4O5S. The normalized spacial score (nSPS) is 14.7. The van der Waals surface area contributed by atoms with Crippen molar-refractivity contribution >= 4 is 39.7 Å². The van der Waals surface area contributed by atoms with Gasteiger partial charge in [-0.15, -0.1) is 12.4 Å². The van der Waals surface area contributed by atoms with Crippen LogP contribution in [0.25, 0.3) is 0 Å². The van der Waals surface area contributed by atoms with Crippen molar-refractivity contribution in [2.75, 3.05) is 37.9 Å². The molecule has 9 nitrogen and oxygen atoms in total. The lowest BCUT2D eigenvalue weighted by molar-refractivity contribution is -0.385. The zero-order chi connectivity index (χ0) is 20.3. The number of hydrogen-bond acceptors (Lipinski definition) is 6. The highest BCUT2D eigenvalue weighted by Gasteiger charge is 2.21. The Morgan fingerprint density at radius 3 is 2.28 bits per heavy atom. The summed E-state index contributed by atoms with van der Waals surface area (Å²) >= 11 is 0. The third kappa shape index (κ3) is 5.43. The molecule has 2 aromatic rings. The minimum absolute atomic E-state index is 0. The Kier molecular flexibility index (Phi) is 7.17. The van der Waals surface area contributed by atoms with Crippen molar-refractivity contribution < 1.29 is 18.1 Å². The van der Waals surface area contributed by atoms with Gasteiger partial charge in [-0.25, -0.2) is 8.42 Å². The number of likely N-dealkylation sites (N-methyl/N-ethyl adjacent to an activating group) is 1. The fourth-order valence-corrected chi connectivity index (χ4v) is 3.95. The zero-order valence-corrected chi connectivity index (χ0v) is 17.3. The van der Waals surface area contributed by atoms with Gasteiger partial charge in [-0.05, 0) is 37.4 Å². The molecule has 1 aliphatic rings. The molecule has 0 aromatic heterocycles. The number of nitrogens with zero attached hydrogens (tertiary/aromatic N) is 3. The lowest BCUT2D eigenvalue weighted by atomic mass is 10.1. The van der Waals surface area contributed by atoms with Gasteiger partial charge < -0.3 is 9.80 Å². The van der Waals surface area contributed by atoms with Gasteiger partial charge in [-0.2, -0.15) is 0 Å². The summed E-state index contributed by atoms with van der Waals surface area (Å²) in [6.07, 6.45) is 0. The Labute approximate surface area is 174 Å².